The minimum Gasteiger partial charge on any atom is -0.502 e. The lowest BCUT2D eigenvalue weighted by atomic mass is 10.0. The van der Waals surface area contributed by atoms with Gasteiger partial charge in [-0.1, -0.05) is 6.07 Å². The molecular weight excluding hydrogens is 246 g/mol. The Balaban J connectivity index is 2.99. The molecule has 0 amide bonds. The number of nitro benzene ring substituents is 1. The largest absolute Gasteiger partial charge is 0.502 e. The summed E-state index contributed by atoms with van der Waals surface area (Å²) in [4.78, 5) is 20.1. The number of rotatable bonds is 5. The second-order valence-electron chi connectivity index (χ2n) is 3.62. The molecular formula is C10H11NO7. The molecule has 0 aliphatic carbocycles. The van der Waals surface area contributed by atoms with Crippen molar-refractivity contribution in [2.75, 3.05) is 0 Å². The van der Waals surface area contributed by atoms with Crippen LogP contribution in [-0.4, -0.2) is 37.4 Å². The standard InChI is InChI=1S/C10H11NO7/c12-7-2-1-5(3-6(7)11(17)18)10(16)8(13)4-9(14)15/h1-3,8,10,12-13,16H,4H2,(H,14,15). The zero-order chi connectivity index (χ0) is 13.9. The van der Waals surface area contributed by atoms with Gasteiger partial charge in [0.15, 0.2) is 5.75 Å². The van der Waals surface area contributed by atoms with E-state index in [0.29, 0.717) is 0 Å². The fraction of sp³-hybridized carbons (Fsp3) is 0.300. The molecule has 4 N–H and O–H groups in total. The number of aromatic hydroxyl groups is 1. The van der Waals surface area contributed by atoms with E-state index in [4.69, 9.17) is 5.11 Å². The maximum atomic E-state index is 10.6. The van der Waals surface area contributed by atoms with Crippen molar-refractivity contribution in [3.63, 3.8) is 0 Å². The third kappa shape index (κ3) is 3.15. The van der Waals surface area contributed by atoms with Crippen molar-refractivity contribution in [2.45, 2.75) is 18.6 Å². The van der Waals surface area contributed by atoms with Gasteiger partial charge in [-0.15, -0.1) is 0 Å². The van der Waals surface area contributed by atoms with E-state index in [1.54, 1.807) is 0 Å². The van der Waals surface area contributed by atoms with E-state index in [2.05, 4.69) is 0 Å². The number of carbonyl (C=O) groups is 1. The average molecular weight is 257 g/mol. The highest BCUT2D eigenvalue weighted by Gasteiger charge is 2.24. The molecule has 0 aliphatic rings. The molecule has 2 unspecified atom stereocenters. The van der Waals surface area contributed by atoms with Crippen LogP contribution in [0.3, 0.4) is 0 Å². The summed E-state index contributed by atoms with van der Waals surface area (Å²) < 4.78 is 0. The molecule has 0 aromatic heterocycles. The highest BCUT2D eigenvalue weighted by Crippen LogP contribution is 2.30. The first kappa shape index (κ1) is 13.9. The highest BCUT2D eigenvalue weighted by molar-refractivity contribution is 5.67. The van der Waals surface area contributed by atoms with Crippen LogP contribution in [0.1, 0.15) is 18.1 Å². The Morgan fingerprint density at radius 3 is 2.50 bits per heavy atom. The average Bonchev–Trinajstić information content (AvgIpc) is 2.27. The van der Waals surface area contributed by atoms with Crippen LogP contribution in [0.5, 0.6) is 5.75 Å². The van der Waals surface area contributed by atoms with Gasteiger partial charge in [0.1, 0.15) is 6.10 Å². The van der Waals surface area contributed by atoms with E-state index in [1.165, 1.54) is 0 Å². The molecule has 0 heterocycles. The number of nitrogens with zero attached hydrogens (tertiary/aromatic N) is 1. The number of aliphatic hydroxyl groups excluding tert-OH is 2. The zero-order valence-electron chi connectivity index (χ0n) is 9.05. The number of carboxylic acids is 1. The fourth-order valence-electron chi connectivity index (χ4n) is 1.38. The van der Waals surface area contributed by atoms with Crippen molar-refractivity contribution >= 4 is 11.7 Å². The van der Waals surface area contributed by atoms with E-state index in [-0.39, 0.29) is 5.56 Å². The summed E-state index contributed by atoms with van der Waals surface area (Å²) in [6.07, 6.45) is -3.87. The Morgan fingerprint density at radius 1 is 1.39 bits per heavy atom. The monoisotopic (exact) mass is 257 g/mol. The van der Waals surface area contributed by atoms with E-state index < -0.39 is 41.0 Å². The lowest BCUT2D eigenvalue weighted by Gasteiger charge is -2.16. The van der Waals surface area contributed by atoms with Gasteiger partial charge in [-0.2, -0.15) is 0 Å². The minimum absolute atomic E-state index is 0.0479. The van der Waals surface area contributed by atoms with Gasteiger partial charge in [-0.25, -0.2) is 0 Å². The summed E-state index contributed by atoms with van der Waals surface area (Å²) >= 11 is 0. The van der Waals surface area contributed by atoms with Crippen LogP contribution >= 0.6 is 0 Å². The van der Waals surface area contributed by atoms with E-state index in [9.17, 15) is 30.2 Å². The second kappa shape index (κ2) is 5.43. The topological polar surface area (TPSA) is 141 Å². The molecule has 1 aromatic rings. The van der Waals surface area contributed by atoms with Gasteiger partial charge in [0.2, 0.25) is 0 Å². The summed E-state index contributed by atoms with van der Waals surface area (Å²) in [5.41, 5.74) is -0.678. The van der Waals surface area contributed by atoms with Gasteiger partial charge >= 0.3 is 11.7 Å². The first-order valence-electron chi connectivity index (χ1n) is 4.88. The molecule has 0 fully saturated rings. The van der Waals surface area contributed by atoms with Crippen LogP contribution in [-0.2, 0) is 4.79 Å². The smallest absolute Gasteiger partial charge is 0.311 e. The quantitative estimate of drug-likeness (QED) is 0.435. The SMILES string of the molecule is O=C(O)CC(O)C(O)c1ccc(O)c([N+](=O)[O-])c1. The van der Waals surface area contributed by atoms with E-state index in [0.717, 1.165) is 18.2 Å². The van der Waals surface area contributed by atoms with E-state index >= 15 is 0 Å². The lowest BCUT2D eigenvalue weighted by molar-refractivity contribution is -0.386. The number of phenols is 1. The van der Waals surface area contributed by atoms with Crippen LogP contribution in [0.15, 0.2) is 18.2 Å². The molecule has 98 valence electrons. The Kier molecular flexibility index (Phi) is 4.18. The maximum Gasteiger partial charge on any atom is 0.311 e. The molecule has 0 aliphatic heterocycles. The predicted octanol–water partition coefficient (Wildman–Crippen LogP) is 0.169. The van der Waals surface area contributed by atoms with Crippen LogP contribution in [0.4, 0.5) is 5.69 Å². The van der Waals surface area contributed by atoms with Gasteiger partial charge < -0.3 is 20.4 Å². The van der Waals surface area contributed by atoms with Crippen molar-refractivity contribution in [1.82, 2.24) is 0 Å². The Bertz CT molecular complexity index is 473. The van der Waals surface area contributed by atoms with Crippen molar-refractivity contribution in [3.8, 4) is 5.75 Å². The molecule has 8 nitrogen and oxygen atoms in total. The number of hydrogen-bond donors (Lipinski definition) is 4. The highest BCUT2D eigenvalue weighted by atomic mass is 16.6. The molecule has 2 atom stereocenters. The van der Waals surface area contributed by atoms with Gasteiger partial charge in [-0.05, 0) is 11.6 Å². The summed E-state index contributed by atoms with van der Waals surface area (Å²) in [5.74, 6) is -1.89. The summed E-state index contributed by atoms with van der Waals surface area (Å²) in [7, 11) is 0. The maximum absolute atomic E-state index is 10.6. The number of aliphatic hydroxyl groups is 2. The van der Waals surface area contributed by atoms with Crippen molar-refractivity contribution in [1.29, 1.82) is 0 Å². The Labute approximate surface area is 101 Å². The van der Waals surface area contributed by atoms with Crippen LogP contribution in [0.25, 0.3) is 0 Å². The molecule has 0 spiro atoms. The van der Waals surface area contributed by atoms with Crippen LogP contribution in [0.2, 0.25) is 0 Å². The minimum atomic E-state index is -1.59. The van der Waals surface area contributed by atoms with Gasteiger partial charge in [0, 0.05) is 6.07 Å². The first-order valence-corrected chi connectivity index (χ1v) is 4.88. The molecule has 0 bridgehead atoms. The Hall–Kier alpha value is -2.19. The molecule has 18 heavy (non-hydrogen) atoms. The number of benzene rings is 1. The van der Waals surface area contributed by atoms with Gasteiger partial charge in [0.25, 0.3) is 0 Å². The van der Waals surface area contributed by atoms with Gasteiger partial charge in [-0.3, -0.25) is 14.9 Å². The molecule has 1 rings (SSSR count). The van der Waals surface area contributed by atoms with Crippen molar-refractivity contribution in [2.24, 2.45) is 0 Å². The summed E-state index contributed by atoms with van der Waals surface area (Å²) in [6, 6.07) is 3.04. The molecule has 0 saturated carbocycles. The van der Waals surface area contributed by atoms with Crippen LogP contribution in [0, 0.1) is 10.1 Å². The molecule has 1 aromatic carbocycles. The third-order valence-corrected chi connectivity index (χ3v) is 2.29. The van der Waals surface area contributed by atoms with Crippen molar-refractivity contribution in [3.05, 3.63) is 33.9 Å². The first-order chi connectivity index (χ1) is 8.32. The molecule has 0 radical (unpaired) electrons. The van der Waals surface area contributed by atoms with E-state index in [1.807, 2.05) is 0 Å². The van der Waals surface area contributed by atoms with Crippen molar-refractivity contribution < 1.29 is 30.1 Å². The number of phenolic OH excluding ortho intramolecular Hbond substituents is 1. The number of hydrogen-bond acceptors (Lipinski definition) is 6. The predicted molar refractivity (Wildman–Crippen MR) is 58.0 cm³/mol. The zero-order valence-corrected chi connectivity index (χ0v) is 9.05. The number of aliphatic carboxylic acids is 1. The normalized spacial score (nSPS) is 13.9. The second-order valence-corrected chi connectivity index (χ2v) is 3.62. The van der Waals surface area contributed by atoms with Gasteiger partial charge in [0.05, 0.1) is 17.4 Å². The lowest BCUT2D eigenvalue weighted by Crippen LogP contribution is -2.21. The fourth-order valence-corrected chi connectivity index (χ4v) is 1.38. The number of carboxylic acid groups (broad SMARTS) is 1. The molecule has 8 heteroatoms. The summed E-state index contributed by atoms with van der Waals surface area (Å²) in [5, 5.41) is 47.2. The van der Waals surface area contributed by atoms with Crippen LogP contribution < -0.4 is 0 Å². The summed E-state index contributed by atoms with van der Waals surface area (Å²) in [6.45, 7) is 0. The number of nitro groups is 1. The molecule has 0 saturated heterocycles. The third-order valence-electron chi connectivity index (χ3n) is 2.29. The Morgan fingerprint density at radius 2 is 2.00 bits per heavy atom.